The summed E-state index contributed by atoms with van der Waals surface area (Å²) >= 11 is 0. The molecule has 0 amide bonds. The molecule has 0 radical (unpaired) electrons. The standard InChI is InChI=1S/C15H28N2O2/c1-2-12-5-9-17(10-6-12)11-7-13-4-3-8-15(13,16)14(18)19/h12-13H,2-11,16H2,1H3,(H,18,19). The number of hydrogen-bond donors (Lipinski definition) is 2. The highest BCUT2D eigenvalue weighted by Gasteiger charge is 2.45. The van der Waals surface area contributed by atoms with Crippen molar-refractivity contribution in [2.75, 3.05) is 19.6 Å². The molecule has 0 aromatic carbocycles. The molecule has 2 unspecified atom stereocenters. The fraction of sp³-hybridized carbons (Fsp3) is 0.933. The Hall–Kier alpha value is -0.610. The quantitative estimate of drug-likeness (QED) is 0.801. The molecule has 2 fully saturated rings. The first-order valence-electron chi connectivity index (χ1n) is 7.81. The van der Waals surface area contributed by atoms with Gasteiger partial charge in [-0.1, -0.05) is 19.8 Å². The summed E-state index contributed by atoms with van der Waals surface area (Å²) < 4.78 is 0. The summed E-state index contributed by atoms with van der Waals surface area (Å²) in [6.45, 7) is 5.65. The molecule has 1 aliphatic heterocycles. The molecule has 0 aromatic heterocycles. The minimum Gasteiger partial charge on any atom is -0.480 e. The van der Waals surface area contributed by atoms with Crippen LogP contribution >= 0.6 is 0 Å². The van der Waals surface area contributed by atoms with E-state index in [0.29, 0.717) is 6.42 Å². The molecule has 2 rings (SSSR count). The number of rotatable bonds is 5. The Bertz CT molecular complexity index is 313. The van der Waals surface area contributed by atoms with Crippen molar-refractivity contribution in [2.24, 2.45) is 17.6 Å². The molecule has 1 saturated carbocycles. The van der Waals surface area contributed by atoms with Gasteiger partial charge < -0.3 is 15.7 Å². The molecule has 110 valence electrons. The number of carboxylic acids is 1. The lowest BCUT2D eigenvalue weighted by molar-refractivity contribution is -0.144. The summed E-state index contributed by atoms with van der Waals surface area (Å²) in [7, 11) is 0. The van der Waals surface area contributed by atoms with Crippen molar-refractivity contribution in [1.29, 1.82) is 0 Å². The Balaban J connectivity index is 1.78. The predicted molar refractivity (Wildman–Crippen MR) is 76.0 cm³/mol. The summed E-state index contributed by atoms with van der Waals surface area (Å²) in [5, 5.41) is 9.31. The average Bonchev–Trinajstić information content (AvgIpc) is 2.80. The maximum absolute atomic E-state index is 11.3. The van der Waals surface area contributed by atoms with E-state index < -0.39 is 11.5 Å². The first kappa shape index (κ1) is 14.8. The zero-order valence-corrected chi connectivity index (χ0v) is 12.1. The molecular formula is C15H28N2O2. The number of hydrogen-bond acceptors (Lipinski definition) is 3. The lowest BCUT2D eigenvalue weighted by Gasteiger charge is -2.34. The van der Waals surface area contributed by atoms with E-state index in [0.717, 1.165) is 31.7 Å². The Morgan fingerprint density at radius 3 is 2.63 bits per heavy atom. The van der Waals surface area contributed by atoms with E-state index in [4.69, 9.17) is 5.73 Å². The molecule has 19 heavy (non-hydrogen) atoms. The third-order valence-electron chi connectivity index (χ3n) is 5.35. The minimum atomic E-state index is -0.957. The smallest absolute Gasteiger partial charge is 0.323 e. The van der Waals surface area contributed by atoms with E-state index in [2.05, 4.69) is 11.8 Å². The van der Waals surface area contributed by atoms with Gasteiger partial charge in [-0.05, 0) is 63.6 Å². The second-order valence-corrected chi connectivity index (χ2v) is 6.42. The summed E-state index contributed by atoms with van der Waals surface area (Å²) in [4.78, 5) is 13.8. The summed E-state index contributed by atoms with van der Waals surface area (Å²) in [5.74, 6) is 0.254. The van der Waals surface area contributed by atoms with Gasteiger partial charge in [-0.2, -0.15) is 0 Å². The second-order valence-electron chi connectivity index (χ2n) is 6.42. The van der Waals surface area contributed by atoms with Gasteiger partial charge >= 0.3 is 5.97 Å². The lowest BCUT2D eigenvalue weighted by atomic mass is 9.85. The van der Waals surface area contributed by atoms with Gasteiger partial charge in [0.15, 0.2) is 0 Å². The topological polar surface area (TPSA) is 66.6 Å². The Morgan fingerprint density at radius 1 is 1.37 bits per heavy atom. The van der Waals surface area contributed by atoms with Gasteiger partial charge in [0.25, 0.3) is 0 Å². The Labute approximate surface area is 116 Å². The molecule has 1 saturated heterocycles. The van der Waals surface area contributed by atoms with Crippen LogP contribution in [0, 0.1) is 11.8 Å². The van der Waals surface area contributed by atoms with Crippen molar-refractivity contribution in [3.63, 3.8) is 0 Å². The molecule has 3 N–H and O–H groups in total. The fourth-order valence-corrected chi connectivity index (χ4v) is 3.74. The molecule has 1 heterocycles. The van der Waals surface area contributed by atoms with Crippen LogP contribution < -0.4 is 5.73 Å². The maximum atomic E-state index is 11.3. The lowest BCUT2D eigenvalue weighted by Crippen LogP contribution is -2.51. The molecule has 2 atom stereocenters. The van der Waals surface area contributed by atoms with Crippen molar-refractivity contribution in [3.8, 4) is 0 Å². The maximum Gasteiger partial charge on any atom is 0.323 e. The van der Waals surface area contributed by atoms with Crippen molar-refractivity contribution in [1.82, 2.24) is 4.90 Å². The number of aliphatic carboxylic acids is 1. The van der Waals surface area contributed by atoms with Crippen LogP contribution in [0.4, 0.5) is 0 Å². The number of carbonyl (C=O) groups is 1. The van der Waals surface area contributed by atoms with E-state index in [9.17, 15) is 9.90 Å². The van der Waals surface area contributed by atoms with Gasteiger partial charge in [0.1, 0.15) is 5.54 Å². The van der Waals surface area contributed by atoms with Crippen LogP contribution in [0.15, 0.2) is 0 Å². The van der Waals surface area contributed by atoms with Gasteiger partial charge in [0.2, 0.25) is 0 Å². The Morgan fingerprint density at radius 2 is 2.05 bits per heavy atom. The van der Waals surface area contributed by atoms with Crippen LogP contribution in [0.1, 0.15) is 51.9 Å². The average molecular weight is 268 g/mol. The molecule has 0 bridgehead atoms. The van der Waals surface area contributed by atoms with Gasteiger partial charge in [0, 0.05) is 0 Å². The normalized spacial score (nSPS) is 33.7. The van der Waals surface area contributed by atoms with E-state index in [1.165, 1.54) is 32.4 Å². The summed E-state index contributed by atoms with van der Waals surface area (Å²) in [6.07, 6.45) is 7.42. The van der Waals surface area contributed by atoms with Crippen molar-refractivity contribution in [3.05, 3.63) is 0 Å². The fourth-order valence-electron chi connectivity index (χ4n) is 3.74. The zero-order chi connectivity index (χ0) is 13.9. The molecule has 0 spiro atoms. The number of nitrogens with zero attached hydrogens (tertiary/aromatic N) is 1. The predicted octanol–water partition coefficient (Wildman–Crippen LogP) is 2.08. The number of carboxylic acid groups (broad SMARTS) is 1. The van der Waals surface area contributed by atoms with Gasteiger partial charge in [-0.25, -0.2) is 0 Å². The first-order chi connectivity index (χ1) is 9.06. The van der Waals surface area contributed by atoms with Crippen LogP contribution in [0.2, 0.25) is 0 Å². The van der Waals surface area contributed by atoms with Crippen LogP contribution in [-0.2, 0) is 4.79 Å². The molecule has 4 heteroatoms. The SMILES string of the molecule is CCC1CCN(CCC2CCCC2(N)C(=O)O)CC1. The van der Waals surface area contributed by atoms with Gasteiger partial charge in [0.05, 0.1) is 0 Å². The summed E-state index contributed by atoms with van der Waals surface area (Å²) in [5.41, 5.74) is 5.13. The summed E-state index contributed by atoms with van der Waals surface area (Å²) in [6, 6.07) is 0. The van der Waals surface area contributed by atoms with Crippen LogP contribution in [-0.4, -0.2) is 41.1 Å². The number of likely N-dealkylation sites (tertiary alicyclic amines) is 1. The molecule has 2 aliphatic rings. The van der Waals surface area contributed by atoms with E-state index in [1.54, 1.807) is 0 Å². The highest BCUT2D eigenvalue weighted by Crippen LogP contribution is 2.36. The zero-order valence-electron chi connectivity index (χ0n) is 12.1. The third-order valence-corrected chi connectivity index (χ3v) is 5.35. The molecule has 0 aromatic rings. The van der Waals surface area contributed by atoms with Gasteiger partial charge in [-0.15, -0.1) is 0 Å². The van der Waals surface area contributed by atoms with Crippen molar-refractivity contribution in [2.45, 2.75) is 57.4 Å². The highest BCUT2D eigenvalue weighted by molar-refractivity contribution is 5.79. The molecular weight excluding hydrogens is 240 g/mol. The first-order valence-corrected chi connectivity index (χ1v) is 7.81. The second kappa shape index (κ2) is 6.23. The number of piperidine rings is 1. The highest BCUT2D eigenvalue weighted by atomic mass is 16.4. The van der Waals surface area contributed by atoms with E-state index in [1.807, 2.05) is 0 Å². The largest absolute Gasteiger partial charge is 0.480 e. The number of nitrogens with two attached hydrogens (primary N) is 1. The monoisotopic (exact) mass is 268 g/mol. The molecule has 4 nitrogen and oxygen atoms in total. The third kappa shape index (κ3) is 3.29. The van der Waals surface area contributed by atoms with Crippen LogP contribution in [0.3, 0.4) is 0 Å². The van der Waals surface area contributed by atoms with E-state index in [-0.39, 0.29) is 5.92 Å². The van der Waals surface area contributed by atoms with E-state index >= 15 is 0 Å². The van der Waals surface area contributed by atoms with Crippen LogP contribution in [0.25, 0.3) is 0 Å². The molecule has 1 aliphatic carbocycles. The Kier molecular flexibility index (Phi) is 4.85. The minimum absolute atomic E-state index is 0.161. The van der Waals surface area contributed by atoms with Crippen molar-refractivity contribution >= 4 is 5.97 Å². The van der Waals surface area contributed by atoms with Gasteiger partial charge in [-0.3, -0.25) is 4.79 Å². The van der Waals surface area contributed by atoms with Crippen LogP contribution in [0.5, 0.6) is 0 Å². The van der Waals surface area contributed by atoms with Crippen molar-refractivity contribution < 1.29 is 9.90 Å².